The van der Waals surface area contributed by atoms with Crippen molar-refractivity contribution in [1.29, 1.82) is 0 Å². The van der Waals surface area contributed by atoms with Crippen molar-refractivity contribution in [3.63, 3.8) is 0 Å². The largest absolute Gasteiger partial charge is 0.455 e. The highest BCUT2D eigenvalue weighted by Crippen LogP contribution is 2.38. The quantitative estimate of drug-likeness (QED) is 0.863. The van der Waals surface area contributed by atoms with Crippen molar-refractivity contribution in [2.24, 2.45) is 5.41 Å². The summed E-state index contributed by atoms with van der Waals surface area (Å²) in [5, 5.41) is 3.90. The van der Waals surface area contributed by atoms with Crippen molar-refractivity contribution >= 4 is 11.7 Å². The lowest BCUT2D eigenvalue weighted by Gasteiger charge is -2.27. The second-order valence-corrected chi connectivity index (χ2v) is 7.39. The van der Waals surface area contributed by atoms with Crippen molar-refractivity contribution < 1.29 is 18.5 Å². The zero-order valence-electron chi connectivity index (χ0n) is 14.7. The molecule has 0 N–H and O–H groups in total. The molecule has 2 aromatic rings. The van der Waals surface area contributed by atoms with Gasteiger partial charge in [-0.3, -0.25) is 9.59 Å². The SMILES string of the molecule is Cc1cc(CN(C)C(=O)c2oc3c(c2C)C(=O)CC(C)(C)C3)no1. The van der Waals surface area contributed by atoms with Gasteiger partial charge in [0.1, 0.15) is 17.2 Å². The number of fused-ring (bicyclic) bond motifs is 1. The average Bonchev–Trinajstić information content (AvgIpc) is 3.00. The fourth-order valence-corrected chi connectivity index (χ4v) is 3.27. The summed E-state index contributed by atoms with van der Waals surface area (Å²) in [6, 6.07) is 1.79. The molecule has 1 aliphatic carbocycles. The number of hydrogen-bond donors (Lipinski definition) is 0. The minimum absolute atomic E-state index is 0.0522. The molecule has 0 spiro atoms. The van der Waals surface area contributed by atoms with E-state index in [0.717, 1.165) is 0 Å². The number of carbonyl (C=O) groups is 2. The highest BCUT2D eigenvalue weighted by atomic mass is 16.5. The monoisotopic (exact) mass is 330 g/mol. The van der Waals surface area contributed by atoms with Gasteiger partial charge in [-0.25, -0.2) is 0 Å². The number of ketones is 1. The summed E-state index contributed by atoms with van der Waals surface area (Å²) in [7, 11) is 1.68. The zero-order chi connectivity index (χ0) is 17.6. The number of carbonyl (C=O) groups excluding carboxylic acids is 2. The first-order valence-corrected chi connectivity index (χ1v) is 8.01. The average molecular weight is 330 g/mol. The second-order valence-electron chi connectivity index (χ2n) is 7.39. The fraction of sp³-hybridized carbons (Fsp3) is 0.500. The molecule has 2 aromatic heterocycles. The van der Waals surface area contributed by atoms with Crippen LogP contribution >= 0.6 is 0 Å². The molecular formula is C18H22N2O4. The lowest BCUT2D eigenvalue weighted by atomic mass is 9.76. The normalized spacial score (nSPS) is 16.1. The molecule has 0 aromatic carbocycles. The maximum atomic E-state index is 12.7. The second kappa shape index (κ2) is 5.61. The van der Waals surface area contributed by atoms with E-state index in [1.807, 2.05) is 13.8 Å². The molecule has 6 heteroatoms. The Labute approximate surface area is 140 Å². The molecule has 0 saturated heterocycles. The molecular weight excluding hydrogens is 308 g/mol. The Balaban J connectivity index is 1.87. The number of hydrogen-bond acceptors (Lipinski definition) is 5. The highest BCUT2D eigenvalue weighted by Gasteiger charge is 2.37. The molecule has 2 heterocycles. The third-order valence-corrected chi connectivity index (χ3v) is 4.39. The summed E-state index contributed by atoms with van der Waals surface area (Å²) in [6.07, 6.45) is 1.14. The van der Waals surface area contributed by atoms with E-state index in [2.05, 4.69) is 5.16 Å². The van der Waals surface area contributed by atoms with Crippen LogP contribution in [-0.2, 0) is 13.0 Å². The van der Waals surface area contributed by atoms with E-state index in [9.17, 15) is 9.59 Å². The summed E-state index contributed by atoms with van der Waals surface area (Å²) in [5.74, 6) is 1.37. The standard InChI is InChI=1S/C18H22N2O4/c1-10-6-12(19-24-10)9-20(5)17(22)16-11(2)15-13(21)7-18(3,4)8-14(15)23-16/h6H,7-9H2,1-5H3. The Kier molecular flexibility index (Phi) is 3.86. The van der Waals surface area contributed by atoms with Crippen LogP contribution in [-0.4, -0.2) is 28.8 Å². The number of rotatable bonds is 3. The van der Waals surface area contributed by atoms with Crippen LogP contribution in [0.2, 0.25) is 0 Å². The van der Waals surface area contributed by atoms with Gasteiger partial charge in [-0.15, -0.1) is 0 Å². The maximum absolute atomic E-state index is 12.7. The predicted octanol–water partition coefficient (Wildman–Crippen LogP) is 3.31. The summed E-state index contributed by atoms with van der Waals surface area (Å²) >= 11 is 0. The lowest BCUT2D eigenvalue weighted by Crippen LogP contribution is -2.27. The van der Waals surface area contributed by atoms with Crippen molar-refractivity contribution in [2.45, 2.75) is 47.1 Å². The van der Waals surface area contributed by atoms with E-state index >= 15 is 0 Å². The van der Waals surface area contributed by atoms with Gasteiger partial charge < -0.3 is 13.8 Å². The summed E-state index contributed by atoms with van der Waals surface area (Å²) < 4.78 is 10.8. The molecule has 1 amide bonds. The number of furan rings is 1. The lowest BCUT2D eigenvalue weighted by molar-refractivity contribution is 0.0743. The van der Waals surface area contributed by atoms with Crippen molar-refractivity contribution in [1.82, 2.24) is 10.1 Å². The number of aromatic nitrogens is 1. The first kappa shape index (κ1) is 16.5. The Morgan fingerprint density at radius 2 is 2.04 bits per heavy atom. The highest BCUT2D eigenvalue weighted by molar-refractivity contribution is 6.03. The van der Waals surface area contributed by atoms with Gasteiger partial charge in [0.05, 0.1) is 12.1 Å². The van der Waals surface area contributed by atoms with Gasteiger partial charge in [0.2, 0.25) is 0 Å². The molecule has 0 radical (unpaired) electrons. The fourth-order valence-electron chi connectivity index (χ4n) is 3.27. The van der Waals surface area contributed by atoms with E-state index in [-0.39, 0.29) is 22.9 Å². The van der Waals surface area contributed by atoms with Gasteiger partial charge in [-0.05, 0) is 19.3 Å². The molecule has 128 valence electrons. The third kappa shape index (κ3) is 2.88. The summed E-state index contributed by atoms with van der Waals surface area (Å²) in [5.41, 5.74) is 1.76. The Morgan fingerprint density at radius 1 is 1.33 bits per heavy atom. The van der Waals surface area contributed by atoms with Gasteiger partial charge in [0, 0.05) is 31.5 Å². The van der Waals surface area contributed by atoms with Crippen molar-refractivity contribution in [2.75, 3.05) is 7.05 Å². The van der Waals surface area contributed by atoms with Crippen LogP contribution in [0, 0.1) is 19.3 Å². The van der Waals surface area contributed by atoms with Gasteiger partial charge >= 0.3 is 0 Å². The van der Waals surface area contributed by atoms with Crippen LogP contribution < -0.4 is 0 Å². The van der Waals surface area contributed by atoms with Gasteiger partial charge in [0.15, 0.2) is 11.5 Å². The van der Waals surface area contributed by atoms with Gasteiger partial charge in [-0.2, -0.15) is 0 Å². The maximum Gasteiger partial charge on any atom is 0.289 e. The van der Waals surface area contributed by atoms with E-state index in [0.29, 0.717) is 47.7 Å². The van der Waals surface area contributed by atoms with Crippen LogP contribution in [0.1, 0.15) is 64.0 Å². The first-order chi connectivity index (χ1) is 11.2. The summed E-state index contributed by atoms with van der Waals surface area (Å²) in [6.45, 7) is 7.97. The van der Waals surface area contributed by atoms with Crippen LogP contribution in [0.5, 0.6) is 0 Å². The van der Waals surface area contributed by atoms with Crippen LogP contribution in [0.25, 0.3) is 0 Å². The molecule has 24 heavy (non-hydrogen) atoms. The number of nitrogens with zero attached hydrogens (tertiary/aromatic N) is 2. The van der Waals surface area contributed by atoms with E-state index in [1.54, 1.807) is 27.0 Å². The molecule has 1 aliphatic rings. The number of amides is 1. The predicted molar refractivity (Wildman–Crippen MR) is 86.9 cm³/mol. The Hall–Kier alpha value is -2.37. The minimum atomic E-state index is -0.256. The third-order valence-electron chi connectivity index (χ3n) is 4.39. The molecule has 0 atom stereocenters. The molecule has 6 nitrogen and oxygen atoms in total. The zero-order valence-corrected chi connectivity index (χ0v) is 14.7. The smallest absolute Gasteiger partial charge is 0.289 e. The summed E-state index contributed by atoms with van der Waals surface area (Å²) in [4.78, 5) is 26.7. The molecule has 0 bridgehead atoms. The van der Waals surface area contributed by atoms with Crippen LogP contribution in [0.4, 0.5) is 0 Å². The Bertz CT molecular complexity index is 813. The first-order valence-electron chi connectivity index (χ1n) is 8.01. The molecule has 0 fully saturated rings. The molecule has 0 aliphatic heterocycles. The van der Waals surface area contributed by atoms with Crippen LogP contribution in [0.3, 0.4) is 0 Å². The topological polar surface area (TPSA) is 76.6 Å². The van der Waals surface area contributed by atoms with Crippen molar-refractivity contribution in [3.8, 4) is 0 Å². The van der Waals surface area contributed by atoms with E-state index in [4.69, 9.17) is 8.94 Å². The minimum Gasteiger partial charge on any atom is -0.455 e. The Morgan fingerprint density at radius 3 is 2.67 bits per heavy atom. The molecule has 0 unspecified atom stereocenters. The van der Waals surface area contributed by atoms with Gasteiger partial charge in [-0.1, -0.05) is 19.0 Å². The molecule has 3 rings (SSSR count). The number of Topliss-reactive ketones (excluding diaryl/α,β-unsaturated/α-hetero) is 1. The molecule has 0 saturated carbocycles. The van der Waals surface area contributed by atoms with E-state index < -0.39 is 0 Å². The van der Waals surface area contributed by atoms with E-state index in [1.165, 1.54) is 4.90 Å². The van der Waals surface area contributed by atoms with Crippen LogP contribution in [0.15, 0.2) is 15.0 Å². The van der Waals surface area contributed by atoms with Gasteiger partial charge in [0.25, 0.3) is 5.91 Å². The van der Waals surface area contributed by atoms with Crippen molar-refractivity contribution in [3.05, 3.63) is 40.2 Å². The number of aryl methyl sites for hydroxylation is 1.